The number of ether oxygens (including phenoxy) is 1. The zero-order valence-corrected chi connectivity index (χ0v) is 13.7. The Hall–Kier alpha value is 0.631. The normalized spacial score (nSPS) is 21.4. The van der Waals surface area contributed by atoms with Crippen LogP contribution in [0.15, 0.2) is 24.3 Å². The first-order valence-electron chi connectivity index (χ1n) is 5.57. The van der Waals surface area contributed by atoms with Crippen molar-refractivity contribution in [3.05, 3.63) is 29.8 Å². The van der Waals surface area contributed by atoms with E-state index in [0.717, 1.165) is 12.6 Å². The molecule has 94 valence electrons. The number of hydrogen-bond donors (Lipinski definition) is 0. The van der Waals surface area contributed by atoms with Crippen molar-refractivity contribution in [1.29, 1.82) is 0 Å². The second-order valence-electron chi connectivity index (χ2n) is 4.37. The summed E-state index contributed by atoms with van der Waals surface area (Å²) in [6, 6.07) is 5.44. The van der Waals surface area contributed by atoms with Crippen LogP contribution in [0.2, 0.25) is 0 Å². The number of hydrogen-bond acceptors (Lipinski definition) is 2. The van der Waals surface area contributed by atoms with Gasteiger partial charge in [0, 0.05) is 13.1 Å². The Balaban J connectivity index is 0.00000162. The summed E-state index contributed by atoms with van der Waals surface area (Å²) in [6.45, 7) is -2.92. The molecule has 1 unspecified atom stereocenters. The molecule has 0 radical (unpaired) electrons. The molecule has 1 heterocycles. The molecule has 1 aliphatic heterocycles. The second-order valence-corrected chi connectivity index (χ2v) is 4.37. The minimum absolute atomic E-state index is 0. The molecule has 0 N–H and O–H groups in total. The van der Waals surface area contributed by atoms with Gasteiger partial charge in [-0.25, -0.2) is 0 Å². The molecule has 1 aliphatic rings. The third-order valence-corrected chi connectivity index (χ3v) is 2.93. The number of morpholine rings is 1. The summed E-state index contributed by atoms with van der Waals surface area (Å²) in [5.74, 6) is 0. The molecule has 0 bridgehead atoms. The Morgan fingerprint density at radius 3 is 2.67 bits per heavy atom. The van der Waals surface area contributed by atoms with E-state index in [0.29, 0.717) is 18.7 Å². The van der Waals surface area contributed by atoms with E-state index in [9.17, 15) is 12.9 Å². The summed E-state index contributed by atoms with van der Waals surface area (Å²) in [4.78, 5) is 2.06. The fourth-order valence-corrected chi connectivity index (χ4v) is 1.94. The molecule has 0 aliphatic carbocycles. The van der Waals surface area contributed by atoms with Crippen LogP contribution in [0.5, 0.6) is 0 Å². The van der Waals surface area contributed by atoms with Gasteiger partial charge < -0.3 is 22.6 Å². The van der Waals surface area contributed by atoms with E-state index < -0.39 is 12.4 Å². The van der Waals surface area contributed by atoms with Crippen LogP contribution in [0.3, 0.4) is 0 Å². The first-order valence-corrected chi connectivity index (χ1v) is 5.57. The molecule has 1 aromatic carbocycles. The summed E-state index contributed by atoms with van der Waals surface area (Å²) in [5.41, 5.74) is 0.0487. The third kappa shape index (κ3) is 4.33. The smallest absolute Gasteiger partial charge is 0.445 e. The van der Waals surface area contributed by atoms with Gasteiger partial charge in [0.05, 0.1) is 12.7 Å². The van der Waals surface area contributed by atoms with Crippen LogP contribution in [-0.4, -0.2) is 38.6 Å². The van der Waals surface area contributed by atoms with Crippen LogP contribution < -0.4 is 56.8 Å². The molecule has 1 atom stereocenters. The first-order chi connectivity index (χ1) is 7.97. The summed E-state index contributed by atoms with van der Waals surface area (Å²) < 4.78 is 43.4. The molecule has 1 saturated heterocycles. The molecule has 2 nitrogen and oxygen atoms in total. The van der Waals surface area contributed by atoms with E-state index >= 15 is 0 Å². The van der Waals surface area contributed by atoms with Crippen LogP contribution in [0.4, 0.5) is 12.9 Å². The van der Waals surface area contributed by atoms with Crippen molar-refractivity contribution in [1.82, 2.24) is 4.90 Å². The standard InChI is InChI=1S/C11H14BF3NO.K/c1-16-5-6-17-11(8-16)9-3-2-4-10(7-9)12(13,14)15;/h2-4,7,11H,5-6,8H2,1H3;/q-1;+1. The predicted octanol–water partition coefficient (Wildman–Crippen LogP) is -1.25. The zero-order valence-electron chi connectivity index (χ0n) is 10.6. The molecular formula is C11H14BF3KNO. The van der Waals surface area contributed by atoms with Gasteiger partial charge in [0.2, 0.25) is 0 Å². The van der Waals surface area contributed by atoms with Gasteiger partial charge in [-0.1, -0.05) is 24.3 Å². The second kappa shape index (κ2) is 6.88. The fourth-order valence-electron chi connectivity index (χ4n) is 1.94. The third-order valence-electron chi connectivity index (χ3n) is 2.93. The summed E-state index contributed by atoms with van der Waals surface area (Å²) in [6.07, 6.45) is -0.258. The number of rotatable bonds is 2. The van der Waals surface area contributed by atoms with Crippen LogP contribution in [0.25, 0.3) is 0 Å². The number of likely N-dealkylation sites (N-methyl/N-ethyl adjacent to an activating group) is 1. The maximum Gasteiger partial charge on any atom is 1.00 e. The maximum absolute atomic E-state index is 12.6. The van der Waals surface area contributed by atoms with Crippen molar-refractivity contribution in [3.63, 3.8) is 0 Å². The van der Waals surface area contributed by atoms with E-state index in [1.165, 1.54) is 12.1 Å². The van der Waals surface area contributed by atoms with Crippen molar-refractivity contribution >= 4 is 12.4 Å². The average molecular weight is 283 g/mol. The number of nitrogens with zero attached hydrogens (tertiary/aromatic N) is 1. The van der Waals surface area contributed by atoms with Crippen molar-refractivity contribution in [2.24, 2.45) is 0 Å². The van der Waals surface area contributed by atoms with E-state index in [1.54, 1.807) is 6.07 Å². The summed E-state index contributed by atoms with van der Waals surface area (Å²) >= 11 is 0. The van der Waals surface area contributed by atoms with E-state index in [-0.39, 0.29) is 57.5 Å². The maximum atomic E-state index is 12.6. The van der Waals surface area contributed by atoms with Gasteiger partial charge in [0.1, 0.15) is 0 Å². The van der Waals surface area contributed by atoms with Crippen molar-refractivity contribution in [3.8, 4) is 0 Å². The molecule has 18 heavy (non-hydrogen) atoms. The molecule has 1 aromatic rings. The summed E-state index contributed by atoms with van der Waals surface area (Å²) in [7, 11) is 1.94. The van der Waals surface area contributed by atoms with Crippen molar-refractivity contribution in [2.45, 2.75) is 6.10 Å². The zero-order chi connectivity index (χ0) is 12.5. The molecule has 2 rings (SSSR count). The van der Waals surface area contributed by atoms with E-state index in [2.05, 4.69) is 4.90 Å². The average Bonchev–Trinajstić information content (AvgIpc) is 2.28. The molecule has 0 spiro atoms. The molecule has 0 saturated carbocycles. The van der Waals surface area contributed by atoms with Gasteiger partial charge in [0.15, 0.2) is 0 Å². The predicted molar refractivity (Wildman–Crippen MR) is 61.3 cm³/mol. The van der Waals surface area contributed by atoms with Gasteiger partial charge in [-0.3, -0.25) is 0 Å². The topological polar surface area (TPSA) is 12.5 Å². The van der Waals surface area contributed by atoms with Crippen LogP contribution in [-0.2, 0) is 4.74 Å². The van der Waals surface area contributed by atoms with Gasteiger partial charge in [-0.2, -0.15) is 0 Å². The van der Waals surface area contributed by atoms with Crippen LogP contribution in [0, 0.1) is 0 Å². The summed E-state index contributed by atoms with van der Waals surface area (Å²) in [5, 5.41) is 0. The Morgan fingerprint density at radius 1 is 1.33 bits per heavy atom. The Labute approximate surface area is 147 Å². The minimum atomic E-state index is -4.93. The minimum Gasteiger partial charge on any atom is -0.445 e. The Bertz CT molecular complexity index is 402. The number of benzene rings is 1. The SMILES string of the molecule is CN1CCOC(c2cccc([B-](F)(F)F)c2)C1.[K+]. The monoisotopic (exact) mass is 283 g/mol. The van der Waals surface area contributed by atoms with Crippen LogP contribution in [0.1, 0.15) is 11.7 Å². The van der Waals surface area contributed by atoms with Gasteiger partial charge in [-0.05, 0) is 12.6 Å². The molecule has 7 heteroatoms. The van der Waals surface area contributed by atoms with E-state index in [1.807, 2.05) is 7.05 Å². The van der Waals surface area contributed by atoms with Crippen molar-refractivity contribution < 1.29 is 69.1 Å². The quantitative estimate of drug-likeness (QED) is 0.629. The molecule has 0 aromatic heterocycles. The van der Waals surface area contributed by atoms with Gasteiger partial charge >= 0.3 is 58.4 Å². The van der Waals surface area contributed by atoms with Crippen LogP contribution >= 0.6 is 0 Å². The Kier molecular flexibility index (Phi) is 6.37. The van der Waals surface area contributed by atoms with Gasteiger partial charge in [-0.15, -0.1) is 5.46 Å². The van der Waals surface area contributed by atoms with Gasteiger partial charge in [0.25, 0.3) is 0 Å². The molecular weight excluding hydrogens is 269 g/mol. The number of halogens is 3. The molecule has 1 fully saturated rings. The fraction of sp³-hybridized carbons (Fsp3) is 0.455. The van der Waals surface area contributed by atoms with Crippen molar-refractivity contribution in [2.75, 3.05) is 26.7 Å². The first kappa shape index (κ1) is 16.7. The Morgan fingerprint density at radius 2 is 2.06 bits per heavy atom. The van der Waals surface area contributed by atoms with E-state index in [4.69, 9.17) is 4.74 Å². The largest absolute Gasteiger partial charge is 1.00 e. The molecule has 0 amide bonds.